The molecule has 0 aliphatic heterocycles. The molecule has 0 amide bonds. The Bertz CT molecular complexity index is 228. The van der Waals surface area contributed by atoms with E-state index in [1.807, 2.05) is 41.8 Å². The van der Waals surface area contributed by atoms with Gasteiger partial charge in [0.1, 0.15) is 0 Å². The van der Waals surface area contributed by atoms with E-state index in [1.54, 1.807) is 4.90 Å². The van der Waals surface area contributed by atoms with Gasteiger partial charge in [-0.25, -0.2) is 0 Å². The maximum absolute atomic E-state index is 5.84. The van der Waals surface area contributed by atoms with Crippen LogP contribution in [0.3, 0.4) is 0 Å². The molecular weight excluding hydrogens is 419 g/mol. The summed E-state index contributed by atoms with van der Waals surface area (Å²) in [5.74, 6) is -2.63. The Morgan fingerprint density at radius 2 is 1.16 bits per heavy atom. The molecule has 0 fully saturated rings. The van der Waals surface area contributed by atoms with Crippen LogP contribution in [0.15, 0.2) is 0 Å². The van der Waals surface area contributed by atoms with Gasteiger partial charge in [-0.2, -0.15) is 0 Å². The van der Waals surface area contributed by atoms with Crippen molar-refractivity contribution in [1.29, 1.82) is 0 Å². The zero-order valence-electron chi connectivity index (χ0n) is 12.8. The first-order valence-corrected chi connectivity index (χ1v) is 7.87. The average molecular weight is 445 g/mol. The summed E-state index contributed by atoms with van der Waals surface area (Å²) in [6, 6.07) is 0. The molecule has 0 heterocycles. The van der Waals surface area contributed by atoms with Crippen molar-refractivity contribution >= 4 is 0 Å². The van der Waals surface area contributed by atoms with E-state index in [-0.39, 0.29) is 0 Å². The molecule has 0 unspecified atom stereocenters. The van der Waals surface area contributed by atoms with Gasteiger partial charge in [-0.3, -0.25) is 0 Å². The molecule has 0 rings (SSSR count). The molecule has 0 radical (unpaired) electrons. The van der Waals surface area contributed by atoms with Crippen molar-refractivity contribution in [2.75, 3.05) is 40.5 Å². The van der Waals surface area contributed by atoms with Crippen molar-refractivity contribution in [3.05, 3.63) is 0 Å². The summed E-state index contributed by atoms with van der Waals surface area (Å²) in [5.41, 5.74) is 0. The van der Waals surface area contributed by atoms with Crippen LogP contribution in [0.4, 0.5) is 0 Å². The van der Waals surface area contributed by atoms with Crippen LogP contribution < -0.4 is 0 Å². The summed E-state index contributed by atoms with van der Waals surface area (Å²) in [6.45, 7) is 9.29. The van der Waals surface area contributed by atoms with E-state index in [9.17, 15) is 0 Å². The molecule has 0 bridgehead atoms. The molecule has 0 aliphatic carbocycles. The number of likely N-dealkylation sites (N-methyl/N-ethyl adjacent to an activating group) is 1. The Morgan fingerprint density at radius 1 is 0.789 bits per heavy atom. The Hall–Kier alpha value is 0.500. The van der Waals surface area contributed by atoms with Crippen molar-refractivity contribution in [3.63, 3.8) is 0 Å². The van der Waals surface area contributed by atoms with Crippen LogP contribution in [0.25, 0.3) is 0 Å². The molecule has 6 nitrogen and oxygen atoms in total. The van der Waals surface area contributed by atoms with Gasteiger partial charge in [0, 0.05) is 0 Å². The minimum absolute atomic E-state index is 0.424. The second-order valence-corrected chi connectivity index (χ2v) is 4.51. The molecular formula is C12H26NO5Ta. The van der Waals surface area contributed by atoms with Crippen molar-refractivity contribution in [2.24, 2.45) is 0 Å². The zero-order valence-corrected chi connectivity index (χ0v) is 16.0. The van der Waals surface area contributed by atoms with E-state index in [1.165, 1.54) is 0 Å². The summed E-state index contributed by atoms with van der Waals surface area (Å²) >= 11 is 0.646. The Morgan fingerprint density at radius 3 is 1.37 bits per heavy atom. The Kier molecular flexibility index (Phi) is 9.69. The van der Waals surface area contributed by atoms with Crippen LogP contribution in [0.1, 0.15) is 27.7 Å². The SMILES string of the molecule is CCOC([O][Ta])(OCC)C(OCC)(OCC)N(C)C. The second kappa shape index (κ2) is 9.44. The van der Waals surface area contributed by atoms with E-state index in [4.69, 9.17) is 22.2 Å². The van der Waals surface area contributed by atoms with Gasteiger partial charge in [0.05, 0.1) is 0 Å². The van der Waals surface area contributed by atoms with Gasteiger partial charge in [-0.1, -0.05) is 0 Å². The zero-order chi connectivity index (χ0) is 14.9. The normalized spacial score (nSPS) is 13.2. The van der Waals surface area contributed by atoms with Crippen LogP contribution in [0.5, 0.6) is 0 Å². The van der Waals surface area contributed by atoms with Crippen molar-refractivity contribution in [1.82, 2.24) is 4.90 Å². The van der Waals surface area contributed by atoms with E-state index in [0.717, 1.165) is 0 Å². The summed E-state index contributed by atoms with van der Waals surface area (Å²) in [4.78, 5) is 1.78. The first-order valence-electron chi connectivity index (χ1n) is 6.55. The molecule has 0 atom stereocenters. The van der Waals surface area contributed by atoms with Crippen molar-refractivity contribution < 1.29 is 43.7 Å². The molecule has 114 valence electrons. The van der Waals surface area contributed by atoms with Crippen molar-refractivity contribution in [2.45, 2.75) is 39.6 Å². The van der Waals surface area contributed by atoms with Crippen LogP contribution in [-0.4, -0.2) is 57.3 Å². The third-order valence-electron chi connectivity index (χ3n) is 2.44. The monoisotopic (exact) mass is 445 g/mol. The number of rotatable bonds is 11. The molecule has 7 heteroatoms. The molecule has 0 spiro atoms. The van der Waals surface area contributed by atoms with Crippen LogP contribution in [-0.2, 0) is 43.7 Å². The minimum atomic E-state index is -1.39. The van der Waals surface area contributed by atoms with Gasteiger partial charge in [-0.15, -0.1) is 0 Å². The molecule has 19 heavy (non-hydrogen) atoms. The fourth-order valence-corrected chi connectivity index (χ4v) is 2.65. The quantitative estimate of drug-likeness (QED) is 0.450. The Balaban J connectivity index is 5.66. The fraction of sp³-hybridized carbons (Fsp3) is 1.00. The molecule has 0 saturated heterocycles. The predicted molar refractivity (Wildman–Crippen MR) is 66.7 cm³/mol. The van der Waals surface area contributed by atoms with Crippen LogP contribution in [0, 0.1) is 0 Å². The summed E-state index contributed by atoms with van der Waals surface area (Å²) in [7, 11) is 3.69. The molecule has 0 aromatic carbocycles. The summed E-state index contributed by atoms with van der Waals surface area (Å²) in [5, 5.41) is 0. The number of ether oxygens (including phenoxy) is 4. The van der Waals surface area contributed by atoms with Gasteiger partial charge >= 0.3 is 129 Å². The van der Waals surface area contributed by atoms with E-state index >= 15 is 0 Å². The van der Waals surface area contributed by atoms with Gasteiger partial charge in [-0.05, 0) is 0 Å². The van der Waals surface area contributed by atoms with E-state index < -0.39 is 11.9 Å². The third kappa shape index (κ3) is 4.23. The number of hydrogen-bond acceptors (Lipinski definition) is 6. The maximum atomic E-state index is 5.84. The second-order valence-electron chi connectivity index (χ2n) is 3.86. The van der Waals surface area contributed by atoms with Gasteiger partial charge < -0.3 is 0 Å². The summed E-state index contributed by atoms with van der Waals surface area (Å²) < 4.78 is 28.8. The first-order chi connectivity index (χ1) is 9.00. The molecule has 0 aromatic heterocycles. The molecule has 0 aromatic rings. The first kappa shape index (κ1) is 19.5. The predicted octanol–water partition coefficient (Wildman–Crippen LogP) is 1.48. The van der Waals surface area contributed by atoms with Crippen molar-refractivity contribution in [3.8, 4) is 0 Å². The number of hydrogen-bond donors (Lipinski definition) is 0. The van der Waals surface area contributed by atoms with Gasteiger partial charge in [0.2, 0.25) is 0 Å². The fourth-order valence-electron chi connectivity index (χ4n) is 1.86. The van der Waals surface area contributed by atoms with Crippen LogP contribution in [0.2, 0.25) is 0 Å². The van der Waals surface area contributed by atoms with Gasteiger partial charge in [0.15, 0.2) is 0 Å². The average Bonchev–Trinajstić information content (AvgIpc) is 2.37. The van der Waals surface area contributed by atoms with Crippen LogP contribution >= 0.6 is 0 Å². The molecule has 0 aliphatic rings. The number of nitrogens with zero attached hydrogens (tertiary/aromatic N) is 1. The topological polar surface area (TPSA) is 49.4 Å². The molecule has 0 saturated carbocycles. The van der Waals surface area contributed by atoms with Gasteiger partial charge in [0.25, 0.3) is 0 Å². The van der Waals surface area contributed by atoms with E-state index in [0.29, 0.717) is 47.9 Å². The molecule has 0 N–H and O–H groups in total. The third-order valence-corrected chi connectivity index (χ3v) is 3.31. The Labute approximate surface area is 129 Å². The summed E-state index contributed by atoms with van der Waals surface area (Å²) in [6.07, 6.45) is 0. The standard InChI is InChI=1S/C12H26NO5.Ta/c1-7-15-11(13(5)6,16-8-2)12(14,17-9-3)18-10-4;/h7-10H2,1-6H3;/q-1;+1. The van der Waals surface area contributed by atoms with E-state index in [2.05, 4.69) is 0 Å².